The number of carbonyl (C=O) groups excluding carboxylic acids is 1. The van der Waals surface area contributed by atoms with Crippen LogP contribution < -0.4 is 4.74 Å². The van der Waals surface area contributed by atoms with Crippen LogP contribution in [0.4, 0.5) is 18.0 Å². The zero-order valence-electron chi connectivity index (χ0n) is 21.4. The predicted octanol–water partition coefficient (Wildman–Crippen LogP) is 6.31. The predicted molar refractivity (Wildman–Crippen MR) is 129 cm³/mol. The van der Waals surface area contributed by atoms with Gasteiger partial charge in [0.25, 0.3) is 0 Å². The van der Waals surface area contributed by atoms with E-state index in [4.69, 9.17) is 18.6 Å². The molecule has 37 heavy (non-hydrogen) atoms. The highest BCUT2D eigenvalue weighted by Crippen LogP contribution is 2.40. The number of hydrogen-bond donors (Lipinski definition) is 0. The van der Waals surface area contributed by atoms with Crippen LogP contribution in [0.25, 0.3) is 22.4 Å². The molecule has 1 atom stereocenters. The van der Waals surface area contributed by atoms with Crippen molar-refractivity contribution in [2.24, 2.45) is 0 Å². The Labute approximate surface area is 212 Å². The summed E-state index contributed by atoms with van der Waals surface area (Å²) in [7, 11) is 1.38. The molecule has 0 saturated carbocycles. The number of likely N-dealkylation sites (tertiary alicyclic amines) is 1. The molecule has 1 amide bonds. The van der Waals surface area contributed by atoms with E-state index in [9.17, 15) is 18.0 Å². The Morgan fingerprint density at radius 1 is 1.19 bits per heavy atom. The molecule has 200 valence electrons. The molecule has 4 rings (SSSR count). The Bertz CT molecular complexity index is 1280. The molecule has 3 aromatic rings. The Kier molecular flexibility index (Phi) is 7.36. The fourth-order valence-electron chi connectivity index (χ4n) is 4.47. The lowest BCUT2D eigenvalue weighted by molar-refractivity contribution is -0.137. The number of halogens is 3. The van der Waals surface area contributed by atoms with Crippen LogP contribution >= 0.6 is 0 Å². The van der Waals surface area contributed by atoms with E-state index in [-0.39, 0.29) is 24.6 Å². The highest BCUT2D eigenvalue weighted by molar-refractivity contribution is 5.82. The normalized spacial score (nSPS) is 16.8. The second-order valence-corrected chi connectivity index (χ2v) is 10.1. The number of benzene rings is 1. The Hall–Kier alpha value is -3.34. The lowest BCUT2D eigenvalue weighted by Crippen LogP contribution is -2.42. The zero-order valence-corrected chi connectivity index (χ0v) is 21.4. The molecule has 3 heterocycles. The van der Waals surface area contributed by atoms with Gasteiger partial charge in [0.2, 0.25) is 0 Å². The zero-order chi connectivity index (χ0) is 27.0. The number of nitrogens with zero attached hydrogens (tertiary/aromatic N) is 3. The fraction of sp³-hybridized carbons (Fsp3) is 0.500. The summed E-state index contributed by atoms with van der Waals surface area (Å²) in [6, 6.07) is 3.60. The summed E-state index contributed by atoms with van der Waals surface area (Å²) in [5.41, 5.74) is 1.38. The van der Waals surface area contributed by atoms with Gasteiger partial charge < -0.3 is 23.5 Å². The third-order valence-electron chi connectivity index (χ3n) is 6.07. The summed E-state index contributed by atoms with van der Waals surface area (Å²) < 4.78 is 61.8. The minimum Gasteiger partial charge on any atom is -0.467 e. The van der Waals surface area contributed by atoms with Crippen LogP contribution in [0.1, 0.15) is 56.2 Å². The number of hydrogen-bond acceptors (Lipinski definition) is 7. The number of furan rings is 1. The van der Waals surface area contributed by atoms with Gasteiger partial charge in [-0.1, -0.05) is 0 Å². The van der Waals surface area contributed by atoms with Crippen LogP contribution in [0.15, 0.2) is 28.9 Å². The largest absolute Gasteiger partial charge is 0.467 e. The number of ether oxygens (including phenoxy) is 3. The van der Waals surface area contributed by atoms with Gasteiger partial charge in [0.15, 0.2) is 12.4 Å². The number of piperidine rings is 1. The molecule has 1 aliphatic heterocycles. The second kappa shape index (κ2) is 10.2. The van der Waals surface area contributed by atoms with Gasteiger partial charge in [-0.25, -0.2) is 4.79 Å². The first kappa shape index (κ1) is 26.7. The highest BCUT2D eigenvalue weighted by atomic mass is 19.4. The minimum atomic E-state index is -4.53. The molecule has 0 spiro atoms. The Morgan fingerprint density at radius 2 is 1.95 bits per heavy atom. The molecule has 1 fully saturated rings. The molecule has 1 saturated heterocycles. The summed E-state index contributed by atoms with van der Waals surface area (Å²) in [5.74, 6) is -0.0361. The van der Waals surface area contributed by atoms with Crippen LogP contribution in [0.3, 0.4) is 0 Å². The van der Waals surface area contributed by atoms with E-state index in [0.717, 1.165) is 30.5 Å². The molecule has 1 aliphatic rings. The number of fused-ring (bicyclic) bond motifs is 1. The maximum absolute atomic E-state index is 13.4. The van der Waals surface area contributed by atoms with Crippen LogP contribution in [-0.2, 0) is 15.7 Å². The molecular formula is C26H30F3N3O5. The number of aryl methyl sites for hydroxylation is 1. The van der Waals surface area contributed by atoms with E-state index in [1.54, 1.807) is 24.2 Å². The Balaban J connectivity index is 1.65. The standard InChI is InChI=1S/C26H30F3N3O5/c1-15-9-17(26(27,28)29)10-20(36-14-34-5)22(15)19-11-21-23(31-30-19)18(13-35-21)16-7-6-8-32(12-16)24(33)37-25(2,3)4/h9-11,13,16H,6-8,12,14H2,1-5H3. The monoisotopic (exact) mass is 521 g/mol. The van der Waals surface area contributed by atoms with Crippen molar-refractivity contribution in [2.75, 3.05) is 27.0 Å². The summed E-state index contributed by atoms with van der Waals surface area (Å²) in [4.78, 5) is 14.3. The van der Waals surface area contributed by atoms with Crippen molar-refractivity contribution in [3.63, 3.8) is 0 Å². The van der Waals surface area contributed by atoms with Crippen molar-refractivity contribution in [1.82, 2.24) is 15.1 Å². The third kappa shape index (κ3) is 5.98. The van der Waals surface area contributed by atoms with Gasteiger partial charge in [-0.3, -0.25) is 0 Å². The number of alkyl halides is 3. The van der Waals surface area contributed by atoms with Gasteiger partial charge in [0.1, 0.15) is 22.6 Å². The first-order valence-corrected chi connectivity index (χ1v) is 11.9. The number of carbonyl (C=O) groups is 1. The molecule has 8 nitrogen and oxygen atoms in total. The first-order valence-electron chi connectivity index (χ1n) is 11.9. The van der Waals surface area contributed by atoms with Gasteiger partial charge in [-0.15, -0.1) is 10.2 Å². The van der Waals surface area contributed by atoms with Crippen molar-refractivity contribution >= 4 is 17.2 Å². The summed E-state index contributed by atoms with van der Waals surface area (Å²) >= 11 is 0. The minimum absolute atomic E-state index is 0.0175. The smallest absolute Gasteiger partial charge is 0.416 e. The van der Waals surface area contributed by atoms with Gasteiger partial charge in [-0.2, -0.15) is 13.2 Å². The lowest BCUT2D eigenvalue weighted by Gasteiger charge is -2.33. The molecule has 11 heteroatoms. The SMILES string of the molecule is COCOc1cc(C(F)(F)F)cc(C)c1-c1cc2occ(C3CCCN(C(=O)OC(C)(C)C)C3)c2nn1. The maximum atomic E-state index is 13.4. The van der Waals surface area contributed by atoms with Crippen LogP contribution in [-0.4, -0.2) is 53.8 Å². The third-order valence-corrected chi connectivity index (χ3v) is 6.07. The van der Waals surface area contributed by atoms with Crippen molar-refractivity contribution in [2.45, 2.75) is 58.2 Å². The molecule has 0 radical (unpaired) electrons. The average Bonchev–Trinajstić information content (AvgIpc) is 3.24. The molecule has 0 bridgehead atoms. The van der Waals surface area contributed by atoms with E-state index in [2.05, 4.69) is 10.2 Å². The molecular weight excluding hydrogens is 491 g/mol. The van der Waals surface area contributed by atoms with E-state index in [0.29, 0.717) is 41.0 Å². The molecule has 0 N–H and O–H groups in total. The van der Waals surface area contributed by atoms with Gasteiger partial charge in [0.05, 0.1) is 11.8 Å². The number of methoxy groups -OCH3 is 1. The van der Waals surface area contributed by atoms with Crippen molar-refractivity contribution in [1.29, 1.82) is 0 Å². The number of aromatic nitrogens is 2. The van der Waals surface area contributed by atoms with E-state index >= 15 is 0 Å². The molecule has 1 aromatic carbocycles. The first-order chi connectivity index (χ1) is 17.4. The van der Waals surface area contributed by atoms with Gasteiger partial charge >= 0.3 is 12.3 Å². The maximum Gasteiger partial charge on any atom is 0.416 e. The van der Waals surface area contributed by atoms with Crippen molar-refractivity contribution < 1.29 is 36.6 Å². The van der Waals surface area contributed by atoms with Gasteiger partial charge in [-0.05, 0) is 58.2 Å². The number of rotatable bonds is 5. The highest BCUT2D eigenvalue weighted by Gasteiger charge is 2.33. The van der Waals surface area contributed by atoms with Crippen molar-refractivity contribution in [3.05, 3.63) is 41.2 Å². The lowest BCUT2D eigenvalue weighted by atomic mass is 9.92. The quantitative estimate of drug-likeness (QED) is 0.364. The van der Waals surface area contributed by atoms with Crippen LogP contribution in [0.5, 0.6) is 5.75 Å². The number of amides is 1. The fourth-order valence-corrected chi connectivity index (χ4v) is 4.47. The van der Waals surface area contributed by atoms with E-state index in [1.807, 2.05) is 20.8 Å². The average molecular weight is 522 g/mol. The van der Waals surface area contributed by atoms with Crippen LogP contribution in [0, 0.1) is 6.92 Å². The van der Waals surface area contributed by atoms with Crippen LogP contribution in [0.2, 0.25) is 0 Å². The Morgan fingerprint density at radius 3 is 2.62 bits per heavy atom. The summed E-state index contributed by atoms with van der Waals surface area (Å²) in [5, 5.41) is 8.68. The van der Waals surface area contributed by atoms with Crippen molar-refractivity contribution in [3.8, 4) is 17.0 Å². The van der Waals surface area contributed by atoms with E-state index < -0.39 is 17.3 Å². The molecule has 0 aliphatic carbocycles. The molecule has 2 aromatic heterocycles. The van der Waals surface area contributed by atoms with Gasteiger partial charge in [0, 0.05) is 43.3 Å². The summed E-state index contributed by atoms with van der Waals surface area (Å²) in [6.45, 7) is 7.86. The molecule has 1 unspecified atom stereocenters. The van der Waals surface area contributed by atoms with E-state index in [1.165, 1.54) is 7.11 Å². The summed E-state index contributed by atoms with van der Waals surface area (Å²) in [6.07, 6.45) is -1.65. The second-order valence-electron chi connectivity index (χ2n) is 10.1. The topological polar surface area (TPSA) is 86.9 Å².